The highest BCUT2D eigenvalue weighted by molar-refractivity contribution is 6.34. The maximum atomic E-state index is 12.5. The molecule has 1 aromatic heterocycles. The van der Waals surface area contributed by atoms with Crippen LogP contribution in [-0.4, -0.2) is 61.5 Å². The van der Waals surface area contributed by atoms with Gasteiger partial charge >= 0.3 is 0 Å². The van der Waals surface area contributed by atoms with Crippen molar-refractivity contribution in [1.82, 2.24) is 20.9 Å². The highest BCUT2D eigenvalue weighted by Gasteiger charge is 2.18. The first kappa shape index (κ1) is 50.3. The first-order valence-corrected chi connectivity index (χ1v) is 25.2. The summed E-state index contributed by atoms with van der Waals surface area (Å²) in [4.78, 5) is 41.0. The van der Waals surface area contributed by atoms with Crippen LogP contribution in [0.25, 0.3) is 10.8 Å². The molecular formula is C57H58Cl3N7O3. The lowest BCUT2D eigenvalue weighted by atomic mass is 9.98. The zero-order valence-electron chi connectivity index (χ0n) is 39.0. The molecule has 360 valence electrons. The second-order valence-electron chi connectivity index (χ2n) is 18.0. The van der Waals surface area contributed by atoms with E-state index in [0.29, 0.717) is 44.0 Å². The first-order chi connectivity index (χ1) is 34.1. The lowest BCUT2D eigenvalue weighted by molar-refractivity contribution is 0.101. The van der Waals surface area contributed by atoms with Crippen LogP contribution >= 0.6 is 34.8 Å². The maximum absolute atomic E-state index is 12.5. The molecule has 7 aromatic rings. The molecule has 0 spiro atoms. The van der Waals surface area contributed by atoms with Crippen molar-refractivity contribution in [2.24, 2.45) is 5.92 Å². The summed E-state index contributed by atoms with van der Waals surface area (Å²) >= 11 is 17.9. The molecule has 70 heavy (non-hydrogen) atoms. The number of hydrogen-bond donors (Lipinski definition) is 6. The molecule has 0 aliphatic carbocycles. The number of fused-ring (bicyclic) bond motifs is 1. The van der Waals surface area contributed by atoms with Crippen LogP contribution in [0.5, 0.6) is 0 Å². The fraction of sp³-hybridized carbons (Fsp3) is 0.263. The van der Waals surface area contributed by atoms with E-state index in [1.807, 2.05) is 60.7 Å². The normalized spacial score (nSPS) is 17.2. The van der Waals surface area contributed by atoms with Crippen LogP contribution in [0.3, 0.4) is 0 Å². The number of aromatic nitrogens is 1. The molecule has 6 N–H and O–H groups in total. The molecule has 3 aliphatic rings. The molecule has 3 fully saturated rings. The van der Waals surface area contributed by atoms with Gasteiger partial charge in [-0.1, -0.05) is 95.5 Å². The van der Waals surface area contributed by atoms with E-state index in [1.54, 1.807) is 54.6 Å². The summed E-state index contributed by atoms with van der Waals surface area (Å²) in [5.41, 5.74) is 7.81. The van der Waals surface area contributed by atoms with Crippen molar-refractivity contribution < 1.29 is 14.4 Å². The Bertz CT molecular complexity index is 2810. The topological polar surface area (TPSA) is 136 Å². The summed E-state index contributed by atoms with van der Waals surface area (Å²) in [5.74, 6) is 0.862. The van der Waals surface area contributed by atoms with Crippen LogP contribution in [0.1, 0.15) is 85.9 Å². The van der Waals surface area contributed by atoms with E-state index in [1.165, 1.54) is 42.4 Å². The number of anilines is 3. The quantitative estimate of drug-likeness (QED) is 0.0671. The zero-order valence-corrected chi connectivity index (χ0v) is 41.2. The molecular weight excluding hydrogens is 937 g/mol. The van der Waals surface area contributed by atoms with Gasteiger partial charge in [0, 0.05) is 56.2 Å². The van der Waals surface area contributed by atoms with Crippen molar-refractivity contribution in [2.45, 2.75) is 56.9 Å². The Morgan fingerprint density at radius 2 is 1.13 bits per heavy atom. The van der Waals surface area contributed by atoms with Crippen LogP contribution < -0.4 is 31.9 Å². The van der Waals surface area contributed by atoms with Gasteiger partial charge in [-0.3, -0.25) is 14.4 Å². The molecule has 6 aromatic carbocycles. The third-order valence-electron chi connectivity index (χ3n) is 12.9. The Labute approximate surface area is 425 Å². The number of nitrogens with one attached hydrogen (secondary N) is 6. The second-order valence-corrected chi connectivity index (χ2v) is 19.2. The SMILES string of the molecule is O=C(Nc1ccc(C2CCNC2)cc1)c1cc2ccccc2c(Cl)n1.O=C(Nc1ccc(CC2CCCN2)cc1)c1ccc(Cl)cc1.O=C(Nc1ccc(CCC2CCNC2)cc1)c1ccc(Cl)cc1. The number of carbonyl (C=O) groups is 3. The number of nitrogens with zero attached hydrogens (tertiary/aromatic N) is 1. The number of aryl methyl sites for hydroxylation is 1. The zero-order chi connectivity index (χ0) is 48.7. The molecule has 3 aliphatic heterocycles. The van der Waals surface area contributed by atoms with E-state index in [4.69, 9.17) is 34.8 Å². The monoisotopic (exact) mass is 993 g/mol. The van der Waals surface area contributed by atoms with E-state index in [-0.39, 0.29) is 17.7 Å². The van der Waals surface area contributed by atoms with Gasteiger partial charge in [-0.2, -0.15) is 0 Å². The van der Waals surface area contributed by atoms with E-state index in [2.05, 4.69) is 73.3 Å². The van der Waals surface area contributed by atoms with E-state index >= 15 is 0 Å². The van der Waals surface area contributed by atoms with E-state index in [0.717, 1.165) is 85.7 Å². The maximum Gasteiger partial charge on any atom is 0.274 e. The molecule has 4 heterocycles. The first-order valence-electron chi connectivity index (χ1n) is 24.0. The average molecular weight is 995 g/mol. The van der Waals surface area contributed by atoms with Gasteiger partial charge in [0.25, 0.3) is 17.7 Å². The standard InChI is InChI=1S/C20H18ClN3O.C19H21ClN2O.C18H19ClN2O/c21-19-17-4-2-1-3-14(17)11-18(24-19)20(25)23-16-7-5-13(6-8-16)15-9-10-22-12-15;20-17-7-5-16(6-8-17)19(23)22-18-9-3-14(4-10-18)1-2-15-11-12-21-13-15;19-15-7-5-14(6-8-15)18(22)21-16-9-3-13(4-10-16)12-17-2-1-11-20-17/h1-8,11,15,22H,9-10,12H2,(H,23,25);3-10,15,21H,1-2,11-13H2,(H,22,23);3-10,17,20H,1-2,11-12H2,(H,21,22). The highest BCUT2D eigenvalue weighted by Crippen LogP contribution is 2.26. The number of rotatable bonds is 12. The summed E-state index contributed by atoms with van der Waals surface area (Å²) in [5, 5.41) is 22.3. The molecule has 3 unspecified atom stereocenters. The minimum absolute atomic E-state index is 0.119. The summed E-state index contributed by atoms with van der Waals surface area (Å²) in [6.07, 6.45) is 8.32. The number of halogens is 3. The van der Waals surface area contributed by atoms with Crippen molar-refractivity contribution in [1.29, 1.82) is 0 Å². The second kappa shape index (κ2) is 25.1. The van der Waals surface area contributed by atoms with Crippen molar-refractivity contribution in [3.05, 3.63) is 200 Å². The highest BCUT2D eigenvalue weighted by atomic mass is 35.5. The van der Waals surface area contributed by atoms with Crippen molar-refractivity contribution in [2.75, 3.05) is 48.7 Å². The Balaban J connectivity index is 0.000000142. The van der Waals surface area contributed by atoms with E-state index in [9.17, 15) is 14.4 Å². The Kier molecular flexibility index (Phi) is 18.1. The summed E-state index contributed by atoms with van der Waals surface area (Å²) < 4.78 is 0. The third-order valence-corrected chi connectivity index (χ3v) is 13.7. The van der Waals surface area contributed by atoms with Gasteiger partial charge in [0.15, 0.2) is 0 Å². The van der Waals surface area contributed by atoms with Crippen LogP contribution in [0.4, 0.5) is 17.1 Å². The van der Waals surface area contributed by atoms with Gasteiger partial charge in [0.2, 0.25) is 0 Å². The van der Waals surface area contributed by atoms with Gasteiger partial charge in [0.05, 0.1) is 0 Å². The van der Waals surface area contributed by atoms with Crippen LogP contribution in [0, 0.1) is 5.92 Å². The molecule has 13 heteroatoms. The number of benzene rings is 6. The van der Waals surface area contributed by atoms with Crippen molar-refractivity contribution in [3.63, 3.8) is 0 Å². The van der Waals surface area contributed by atoms with Gasteiger partial charge < -0.3 is 31.9 Å². The molecule has 0 radical (unpaired) electrons. The number of amides is 3. The summed E-state index contributed by atoms with van der Waals surface area (Å²) in [7, 11) is 0. The predicted octanol–water partition coefficient (Wildman–Crippen LogP) is 12.2. The van der Waals surface area contributed by atoms with Gasteiger partial charge in [-0.15, -0.1) is 0 Å². The molecule has 0 saturated carbocycles. The lowest BCUT2D eigenvalue weighted by Crippen LogP contribution is -2.23. The minimum Gasteiger partial charge on any atom is -0.322 e. The van der Waals surface area contributed by atoms with E-state index < -0.39 is 0 Å². The fourth-order valence-corrected chi connectivity index (χ4v) is 9.40. The number of carbonyl (C=O) groups excluding carboxylic acids is 3. The Morgan fingerprint density at radius 3 is 1.69 bits per heavy atom. The molecule has 3 saturated heterocycles. The van der Waals surface area contributed by atoms with Gasteiger partial charge in [0.1, 0.15) is 10.8 Å². The third kappa shape index (κ3) is 14.7. The van der Waals surface area contributed by atoms with Gasteiger partial charge in [-0.25, -0.2) is 4.98 Å². The molecule has 10 rings (SSSR count). The smallest absolute Gasteiger partial charge is 0.274 e. The summed E-state index contributed by atoms with van der Waals surface area (Å²) in [6, 6.07) is 48.0. The Morgan fingerprint density at radius 1 is 0.571 bits per heavy atom. The molecule has 0 bridgehead atoms. The number of pyridine rings is 1. The van der Waals surface area contributed by atoms with Crippen molar-refractivity contribution in [3.8, 4) is 0 Å². The minimum atomic E-state index is -0.261. The van der Waals surface area contributed by atoms with Gasteiger partial charge in [-0.05, 0) is 196 Å². The largest absolute Gasteiger partial charge is 0.322 e. The Hall–Kier alpha value is -6.11. The van der Waals surface area contributed by atoms with Crippen molar-refractivity contribution >= 4 is 80.4 Å². The summed E-state index contributed by atoms with van der Waals surface area (Å²) in [6.45, 7) is 5.51. The lowest BCUT2D eigenvalue weighted by Gasteiger charge is -2.11. The predicted molar refractivity (Wildman–Crippen MR) is 287 cm³/mol. The molecule has 3 atom stereocenters. The number of hydrogen-bond acceptors (Lipinski definition) is 7. The van der Waals surface area contributed by atoms with Crippen LogP contribution in [-0.2, 0) is 12.8 Å². The molecule has 3 amide bonds. The average Bonchev–Trinajstić information content (AvgIpc) is 4.22. The molecule has 10 nitrogen and oxygen atoms in total. The van der Waals surface area contributed by atoms with Crippen LogP contribution in [0.2, 0.25) is 15.2 Å². The van der Waals surface area contributed by atoms with Crippen LogP contribution in [0.15, 0.2) is 152 Å². The fourth-order valence-electron chi connectivity index (χ4n) is 8.88.